The molecule has 0 amide bonds. The first-order chi connectivity index (χ1) is 7.22. The summed E-state index contributed by atoms with van der Waals surface area (Å²) in [4.78, 5) is 0. The van der Waals surface area contributed by atoms with E-state index < -0.39 is 5.60 Å². The van der Waals surface area contributed by atoms with Gasteiger partial charge in [-0.1, -0.05) is 19.1 Å². The largest absolute Gasteiger partial charge is 0.383 e. The van der Waals surface area contributed by atoms with Crippen molar-refractivity contribution in [3.63, 3.8) is 0 Å². The number of rotatable bonds is 5. The maximum absolute atomic E-state index is 10.6. The molecular weight excluding hydrogens is 190 g/mol. The maximum Gasteiger partial charge on any atom is 0.110 e. The SMILES string of the molecule is CCCn1nncc1C(O)(CC)C1CC1. The van der Waals surface area contributed by atoms with Gasteiger partial charge >= 0.3 is 0 Å². The van der Waals surface area contributed by atoms with E-state index in [1.54, 1.807) is 6.20 Å². The van der Waals surface area contributed by atoms with E-state index in [9.17, 15) is 5.11 Å². The van der Waals surface area contributed by atoms with E-state index in [-0.39, 0.29) is 0 Å². The standard InChI is InChI=1S/C11H19N3O/c1-3-7-14-10(8-12-13-14)11(15,4-2)9-5-6-9/h8-9,15H,3-7H2,1-2H3. The topological polar surface area (TPSA) is 50.9 Å². The van der Waals surface area contributed by atoms with Gasteiger partial charge in [-0.3, -0.25) is 0 Å². The molecule has 1 aliphatic carbocycles. The van der Waals surface area contributed by atoms with Gasteiger partial charge in [0.2, 0.25) is 0 Å². The summed E-state index contributed by atoms with van der Waals surface area (Å²) in [6.07, 6.45) is 5.73. The van der Waals surface area contributed by atoms with Crippen molar-refractivity contribution in [2.45, 2.75) is 51.7 Å². The van der Waals surface area contributed by atoms with Crippen LogP contribution in [0.25, 0.3) is 0 Å². The summed E-state index contributed by atoms with van der Waals surface area (Å²) >= 11 is 0. The van der Waals surface area contributed by atoms with Gasteiger partial charge in [-0.2, -0.15) is 0 Å². The first kappa shape index (κ1) is 10.6. The van der Waals surface area contributed by atoms with Gasteiger partial charge in [-0.25, -0.2) is 4.68 Å². The third-order valence-electron chi connectivity index (χ3n) is 3.29. The lowest BCUT2D eigenvalue weighted by Crippen LogP contribution is -2.30. The average Bonchev–Trinajstić information content (AvgIpc) is 3.00. The molecule has 1 aromatic heterocycles. The first-order valence-electron chi connectivity index (χ1n) is 5.83. The van der Waals surface area contributed by atoms with E-state index in [0.29, 0.717) is 5.92 Å². The molecule has 2 rings (SSSR count). The predicted molar refractivity (Wildman–Crippen MR) is 57.2 cm³/mol. The van der Waals surface area contributed by atoms with Crippen molar-refractivity contribution < 1.29 is 5.11 Å². The van der Waals surface area contributed by atoms with Gasteiger partial charge in [0.1, 0.15) is 5.60 Å². The third-order valence-corrected chi connectivity index (χ3v) is 3.29. The van der Waals surface area contributed by atoms with Crippen LogP contribution in [0.3, 0.4) is 0 Å². The molecule has 1 heterocycles. The van der Waals surface area contributed by atoms with Crippen molar-refractivity contribution in [3.05, 3.63) is 11.9 Å². The van der Waals surface area contributed by atoms with Crippen LogP contribution < -0.4 is 0 Å². The smallest absolute Gasteiger partial charge is 0.110 e. The van der Waals surface area contributed by atoms with Crippen molar-refractivity contribution in [2.75, 3.05) is 0 Å². The summed E-state index contributed by atoms with van der Waals surface area (Å²) in [5.41, 5.74) is 0.202. The molecule has 1 unspecified atom stereocenters. The number of aromatic nitrogens is 3. The average molecular weight is 209 g/mol. The summed E-state index contributed by atoms with van der Waals surface area (Å²) in [6.45, 7) is 4.97. The van der Waals surface area contributed by atoms with E-state index in [2.05, 4.69) is 17.2 Å². The molecule has 0 saturated heterocycles. The molecule has 1 atom stereocenters. The zero-order valence-corrected chi connectivity index (χ0v) is 9.48. The highest BCUT2D eigenvalue weighted by Crippen LogP contribution is 2.47. The molecule has 1 fully saturated rings. The quantitative estimate of drug-likeness (QED) is 0.803. The molecule has 0 bridgehead atoms. The Labute approximate surface area is 90.3 Å². The highest BCUT2D eigenvalue weighted by Gasteiger charge is 2.45. The van der Waals surface area contributed by atoms with Crippen molar-refractivity contribution in [1.82, 2.24) is 15.0 Å². The zero-order valence-electron chi connectivity index (χ0n) is 9.48. The van der Waals surface area contributed by atoms with Gasteiger partial charge in [-0.05, 0) is 31.6 Å². The van der Waals surface area contributed by atoms with Gasteiger partial charge in [0, 0.05) is 6.54 Å². The normalized spacial score (nSPS) is 20.2. The molecular formula is C11H19N3O. The highest BCUT2D eigenvalue weighted by molar-refractivity contribution is 5.13. The molecule has 4 heteroatoms. The molecule has 0 radical (unpaired) electrons. The summed E-state index contributed by atoms with van der Waals surface area (Å²) in [5.74, 6) is 0.414. The highest BCUT2D eigenvalue weighted by atomic mass is 16.3. The second-order valence-electron chi connectivity index (χ2n) is 4.39. The summed E-state index contributed by atoms with van der Waals surface area (Å²) < 4.78 is 1.85. The molecule has 0 spiro atoms. The number of aliphatic hydroxyl groups is 1. The lowest BCUT2D eigenvalue weighted by Gasteiger charge is -2.26. The van der Waals surface area contributed by atoms with Gasteiger partial charge in [0.15, 0.2) is 0 Å². The Bertz CT molecular complexity index is 332. The van der Waals surface area contributed by atoms with Crippen LogP contribution in [0, 0.1) is 5.92 Å². The van der Waals surface area contributed by atoms with Crippen LogP contribution in [0.2, 0.25) is 0 Å². The molecule has 15 heavy (non-hydrogen) atoms. The molecule has 0 aliphatic heterocycles. The van der Waals surface area contributed by atoms with Crippen molar-refractivity contribution in [1.29, 1.82) is 0 Å². The molecule has 4 nitrogen and oxygen atoms in total. The van der Waals surface area contributed by atoms with Gasteiger partial charge < -0.3 is 5.11 Å². The van der Waals surface area contributed by atoms with Crippen LogP contribution >= 0.6 is 0 Å². The molecule has 1 aromatic rings. The van der Waals surface area contributed by atoms with E-state index in [1.165, 1.54) is 0 Å². The Balaban J connectivity index is 2.28. The van der Waals surface area contributed by atoms with Crippen LogP contribution in [-0.2, 0) is 12.1 Å². The van der Waals surface area contributed by atoms with Crippen LogP contribution in [-0.4, -0.2) is 20.1 Å². The van der Waals surface area contributed by atoms with Crippen molar-refractivity contribution in [2.24, 2.45) is 5.92 Å². The van der Waals surface area contributed by atoms with Gasteiger partial charge in [-0.15, -0.1) is 5.10 Å². The predicted octanol–water partition coefficient (Wildman–Crippen LogP) is 1.70. The molecule has 1 N–H and O–H groups in total. The Morgan fingerprint density at radius 1 is 1.53 bits per heavy atom. The Morgan fingerprint density at radius 3 is 2.80 bits per heavy atom. The first-order valence-corrected chi connectivity index (χ1v) is 5.83. The maximum atomic E-state index is 10.6. The number of aryl methyl sites for hydroxylation is 1. The Morgan fingerprint density at radius 2 is 2.27 bits per heavy atom. The van der Waals surface area contributed by atoms with E-state index in [4.69, 9.17) is 0 Å². The zero-order chi connectivity index (χ0) is 10.9. The lowest BCUT2D eigenvalue weighted by molar-refractivity contribution is 0.000116. The Hall–Kier alpha value is -0.900. The fourth-order valence-electron chi connectivity index (χ4n) is 2.21. The Kier molecular flexibility index (Phi) is 2.78. The summed E-state index contributed by atoms with van der Waals surface area (Å²) in [7, 11) is 0. The van der Waals surface area contributed by atoms with Crippen LogP contribution in [0.1, 0.15) is 45.2 Å². The lowest BCUT2D eigenvalue weighted by atomic mass is 9.91. The van der Waals surface area contributed by atoms with Crippen molar-refractivity contribution in [3.8, 4) is 0 Å². The van der Waals surface area contributed by atoms with Crippen LogP contribution in [0.5, 0.6) is 0 Å². The molecule has 1 aliphatic rings. The number of nitrogens with zero attached hydrogens (tertiary/aromatic N) is 3. The second-order valence-corrected chi connectivity index (χ2v) is 4.39. The minimum atomic E-state index is -0.696. The van der Waals surface area contributed by atoms with Crippen molar-refractivity contribution >= 4 is 0 Å². The van der Waals surface area contributed by atoms with E-state index in [0.717, 1.165) is 37.9 Å². The van der Waals surface area contributed by atoms with Crippen LogP contribution in [0.4, 0.5) is 0 Å². The summed E-state index contributed by atoms with van der Waals surface area (Å²) in [5, 5.41) is 18.6. The second kappa shape index (κ2) is 3.93. The fourth-order valence-corrected chi connectivity index (χ4v) is 2.21. The van der Waals surface area contributed by atoms with Gasteiger partial charge in [0.25, 0.3) is 0 Å². The van der Waals surface area contributed by atoms with Gasteiger partial charge in [0.05, 0.1) is 11.9 Å². The number of hydrogen-bond donors (Lipinski definition) is 1. The molecule has 84 valence electrons. The molecule has 1 saturated carbocycles. The number of hydrogen-bond acceptors (Lipinski definition) is 3. The fraction of sp³-hybridized carbons (Fsp3) is 0.818. The summed E-state index contributed by atoms with van der Waals surface area (Å²) in [6, 6.07) is 0. The van der Waals surface area contributed by atoms with Crippen LogP contribution in [0.15, 0.2) is 6.20 Å². The van der Waals surface area contributed by atoms with E-state index >= 15 is 0 Å². The minimum Gasteiger partial charge on any atom is -0.383 e. The monoisotopic (exact) mass is 209 g/mol. The third kappa shape index (κ3) is 1.78. The molecule has 0 aromatic carbocycles. The van der Waals surface area contributed by atoms with E-state index in [1.807, 2.05) is 11.6 Å². The minimum absolute atomic E-state index is 0.414.